The van der Waals surface area contributed by atoms with Crippen molar-refractivity contribution in [1.29, 1.82) is 0 Å². The summed E-state index contributed by atoms with van der Waals surface area (Å²) in [6.45, 7) is 7.27. The van der Waals surface area contributed by atoms with E-state index in [4.69, 9.17) is 16.3 Å². The van der Waals surface area contributed by atoms with Gasteiger partial charge in [-0.3, -0.25) is 9.59 Å². The van der Waals surface area contributed by atoms with Crippen LogP contribution in [0.15, 0.2) is 35.8 Å². The van der Waals surface area contributed by atoms with Crippen LogP contribution in [-0.4, -0.2) is 63.7 Å². The standard InChI is InChI=1S/C25H37ClN2O3S/c1-3-4-5-6-7-8-13-25(2)22(18-24(30)32-25)31-19-23(29)28-16-14-27(15-17-28)21-11-9-20(26)10-12-21/h9,11-12,18,20H,3-8,10,13-17,19H2,1-2H3. The third-order valence-corrected chi connectivity index (χ3v) is 7.98. The number of piperazine rings is 1. The maximum Gasteiger partial charge on any atom is 0.260 e. The number of allylic oxidation sites excluding steroid dienone is 3. The average molecular weight is 481 g/mol. The first-order chi connectivity index (χ1) is 15.4. The van der Waals surface area contributed by atoms with Gasteiger partial charge in [-0.1, -0.05) is 69.4 Å². The van der Waals surface area contributed by atoms with E-state index >= 15 is 0 Å². The van der Waals surface area contributed by atoms with Crippen molar-refractivity contribution in [3.63, 3.8) is 0 Å². The van der Waals surface area contributed by atoms with Crippen LogP contribution in [0.3, 0.4) is 0 Å². The molecule has 1 amide bonds. The maximum absolute atomic E-state index is 12.8. The van der Waals surface area contributed by atoms with Gasteiger partial charge in [-0.25, -0.2) is 0 Å². The van der Waals surface area contributed by atoms with Gasteiger partial charge in [0.2, 0.25) is 5.12 Å². The third kappa shape index (κ3) is 7.05. The Bertz CT molecular complexity index is 758. The second kappa shape index (κ2) is 12.2. The number of amides is 1. The number of ether oxygens (including phenoxy) is 1. The summed E-state index contributed by atoms with van der Waals surface area (Å²) in [6.07, 6.45) is 16.9. The van der Waals surface area contributed by atoms with E-state index in [1.165, 1.54) is 49.6 Å². The Hall–Kier alpha value is -1.40. The van der Waals surface area contributed by atoms with Crippen LogP contribution in [0.1, 0.15) is 65.2 Å². The Labute approximate surface area is 202 Å². The molecule has 1 saturated heterocycles. The highest BCUT2D eigenvalue weighted by Crippen LogP contribution is 2.44. The molecule has 1 fully saturated rings. The smallest absolute Gasteiger partial charge is 0.260 e. The van der Waals surface area contributed by atoms with Crippen molar-refractivity contribution in [2.45, 2.75) is 75.3 Å². The van der Waals surface area contributed by atoms with E-state index in [0.29, 0.717) is 18.8 Å². The van der Waals surface area contributed by atoms with Crippen molar-refractivity contribution in [3.8, 4) is 0 Å². The van der Waals surface area contributed by atoms with E-state index < -0.39 is 0 Å². The molecule has 2 heterocycles. The molecule has 0 bridgehead atoms. The van der Waals surface area contributed by atoms with Crippen LogP contribution in [-0.2, 0) is 14.3 Å². The number of nitrogens with zero attached hydrogens (tertiary/aromatic N) is 2. The van der Waals surface area contributed by atoms with Gasteiger partial charge < -0.3 is 14.5 Å². The number of carbonyl (C=O) groups is 2. The lowest BCUT2D eigenvalue weighted by Gasteiger charge is -2.37. The van der Waals surface area contributed by atoms with E-state index in [1.807, 2.05) is 11.0 Å². The molecule has 0 radical (unpaired) electrons. The van der Waals surface area contributed by atoms with Crippen LogP contribution in [0.2, 0.25) is 0 Å². The van der Waals surface area contributed by atoms with Gasteiger partial charge in [0.25, 0.3) is 5.91 Å². The van der Waals surface area contributed by atoms with Crippen molar-refractivity contribution in [2.24, 2.45) is 0 Å². The highest BCUT2D eigenvalue weighted by molar-refractivity contribution is 8.15. The molecule has 0 aromatic heterocycles. The molecule has 5 nitrogen and oxygen atoms in total. The number of hydrogen-bond acceptors (Lipinski definition) is 5. The minimum absolute atomic E-state index is 0.00227. The van der Waals surface area contributed by atoms with Gasteiger partial charge in [-0.05, 0) is 25.8 Å². The number of unbranched alkanes of at least 4 members (excludes halogenated alkanes) is 5. The van der Waals surface area contributed by atoms with Crippen LogP contribution in [0.5, 0.6) is 0 Å². The molecule has 1 aliphatic carbocycles. The fraction of sp³-hybridized carbons (Fsp3) is 0.680. The zero-order valence-electron chi connectivity index (χ0n) is 19.5. The van der Waals surface area contributed by atoms with Gasteiger partial charge in [0.15, 0.2) is 6.61 Å². The van der Waals surface area contributed by atoms with Gasteiger partial charge in [0.1, 0.15) is 5.76 Å². The minimum Gasteiger partial charge on any atom is -0.486 e. The van der Waals surface area contributed by atoms with Gasteiger partial charge in [-0.2, -0.15) is 0 Å². The fourth-order valence-electron chi connectivity index (χ4n) is 4.43. The van der Waals surface area contributed by atoms with Crippen molar-refractivity contribution >= 4 is 34.4 Å². The summed E-state index contributed by atoms with van der Waals surface area (Å²) in [4.78, 5) is 29.0. The van der Waals surface area contributed by atoms with Gasteiger partial charge in [-0.15, -0.1) is 11.6 Å². The zero-order chi connectivity index (χ0) is 23.0. The van der Waals surface area contributed by atoms with Crippen LogP contribution >= 0.6 is 23.4 Å². The summed E-state index contributed by atoms with van der Waals surface area (Å²) in [5, 5.41) is 0.114. The SMILES string of the molecule is CCCCCCCCC1(C)SC(=O)C=C1OCC(=O)N1CCN(C2=CCC(Cl)C=C2)CC1. The Morgan fingerprint density at radius 3 is 2.59 bits per heavy atom. The third-order valence-electron chi connectivity index (χ3n) is 6.48. The maximum atomic E-state index is 12.8. The van der Waals surface area contributed by atoms with Gasteiger partial charge in [0.05, 0.1) is 10.1 Å². The van der Waals surface area contributed by atoms with E-state index in [9.17, 15) is 9.59 Å². The van der Waals surface area contributed by atoms with Crippen LogP contribution < -0.4 is 0 Å². The van der Waals surface area contributed by atoms with Crippen LogP contribution in [0.25, 0.3) is 0 Å². The highest BCUT2D eigenvalue weighted by atomic mass is 35.5. The molecule has 0 aromatic carbocycles. The number of hydrogen-bond donors (Lipinski definition) is 0. The number of rotatable bonds is 11. The Balaban J connectivity index is 1.42. The van der Waals surface area contributed by atoms with Crippen molar-refractivity contribution < 1.29 is 14.3 Å². The largest absolute Gasteiger partial charge is 0.486 e. The molecule has 32 heavy (non-hydrogen) atoms. The lowest BCUT2D eigenvalue weighted by Crippen LogP contribution is -2.49. The molecular formula is C25H37ClN2O3S. The first-order valence-electron chi connectivity index (χ1n) is 12.0. The molecule has 3 rings (SSSR count). The second-order valence-electron chi connectivity index (χ2n) is 9.07. The molecule has 0 saturated carbocycles. The summed E-state index contributed by atoms with van der Waals surface area (Å²) in [5.74, 6) is 0.659. The summed E-state index contributed by atoms with van der Waals surface area (Å²) >= 11 is 7.45. The predicted molar refractivity (Wildman–Crippen MR) is 133 cm³/mol. The van der Waals surface area contributed by atoms with Crippen molar-refractivity contribution in [1.82, 2.24) is 9.80 Å². The molecule has 2 unspecified atom stereocenters. The van der Waals surface area contributed by atoms with Crippen molar-refractivity contribution in [3.05, 3.63) is 35.8 Å². The van der Waals surface area contributed by atoms with E-state index in [0.717, 1.165) is 32.4 Å². The normalized spacial score (nSPS) is 25.7. The number of carbonyl (C=O) groups excluding carboxylic acids is 2. The molecule has 0 N–H and O–H groups in total. The first kappa shape index (κ1) is 25.2. The van der Waals surface area contributed by atoms with E-state index in [-0.39, 0.29) is 27.8 Å². The summed E-state index contributed by atoms with van der Waals surface area (Å²) in [5.41, 5.74) is 1.20. The quantitative estimate of drug-likeness (QED) is 0.298. The summed E-state index contributed by atoms with van der Waals surface area (Å²) < 4.78 is 5.59. The van der Waals surface area contributed by atoms with E-state index in [1.54, 1.807) is 6.08 Å². The molecule has 2 aliphatic heterocycles. The Morgan fingerprint density at radius 2 is 1.91 bits per heavy atom. The number of halogens is 1. The van der Waals surface area contributed by atoms with Crippen LogP contribution in [0, 0.1) is 0 Å². The first-order valence-corrected chi connectivity index (χ1v) is 13.3. The summed E-state index contributed by atoms with van der Waals surface area (Å²) in [6, 6.07) is 0. The summed E-state index contributed by atoms with van der Waals surface area (Å²) in [7, 11) is 0. The molecule has 2 atom stereocenters. The zero-order valence-corrected chi connectivity index (χ0v) is 21.1. The Morgan fingerprint density at radius 1 is 1.19 bits per heavy atom. The number of thioether (sulfide) groups is 1. The van der Waals surface area contributed by atoms with Gasteiger partial charge >= 0.3 is 0 Å². The molecule has 178 valence electrons. The average Bonchev–Trinajstić information content (AvgIpc) is 3.08. The molecule has 7 heteroatoms. The minimum atomic E-state index is -0.346. The number of alkyl halides is 1. The Kier molecular flexibility index (Phi) is 9.60. The lowest BCUT2D eigenvalue weighted by molar-refractivity contribution is -0.136. The topological polar surface area (TPSA) is 49.9 Å². The second-order valence-corrected chi connectivity index (χ2v) is 11.1. The molecule has 0 aromatic rings. The van der Waals surface area contributed by atoms with Gasteiger partial charge in [0, 0.05) is 38.0 Å². The fourth-order valence-corrected chi connectivity index (χ4v) is 5.67. The molecular weight excluding hydrogens is 444 g/mol. The monoisotopic (exact) mass is 480 g/mol. The van der Waals surface area contributed by atoms with Crippen LogP contribution in [0.4, 0.5) is 0 Å². The molecule has 3 aliphatic rings. The van der Waals surface area contributed by atoms with E-state index in [2.05, 4.69) is 30.9 Å². The predicted octanol–water partition coefficient (Wildman–Crippen LogP) is 5.27. The highest BCUT2D eigenvalue weighted by Gasteiger charge is 2.39. The lowest BCUT2D eigenvalue weighted by atomic mass is 9.99. The molecule has 0 spiro atoms. The van der Waals surface area contributed by atoms with Crippen molar-refractivity contribution in [2.75, 3.05) is 32.8 Å².